The van der Waals surface area contributed by atoms with E-state index in [1.165, 1.54) is 38.4 Å². The predicted molar refractivity (Wildman–Crippen MR) is 433 cm³/mol. The maximum Gasteiger partial charge on any atom is 0.229 e. The van der Waals surface area contributed by atoms with E-state index < -0.39 is 31.3 Å². The standard InChI is InChI=1S/C28H37ClN7O2P.C25H32ClN6O2P.C20H22ClN4O4PS/c1-38-25-18-21(35-14-10-20(11-15-35)36-16-12-30-13-17-36)8-9-23(25)33-28-31-19-22(29)27(34-28)32-24-6-4-5-7-26(24)39(2,3)37;1-31(2)18-12-13-32(16-18)17-10-11-20(22(14-17)34-3)29-25-27-15-19(26)24(30-25)28-21-8-6-7-9-23(21)35(4,5)33;1-29-17-11-13(30(2,3)26)9-10-15(17)24-20-22-12-14(21)19(25-20)23-16-7-5-6-8-18(16)31(4,27)28/h4-9,18-20,30H,10-17H2,1-3H3,(H2,31,32,33,34);6-11,14-15,18H,12-13,16H2,1-5H3,(H2,27,28,29,30);5-12H,1-4H3,(H2,22,23,24,25)/t;18-;/m.1./s1. The highest BCUT2D eigenvalue weighted by Crippen LogP contribution is 2.43. The number of likely N-dealkylation sites (N-methyl/N-ethyl adjacent to an activating group) is 1. The maximum absolute atomic E-state index is 12.8. The second-order valence-electron chi connectivity index (χ2n) is 26.8. The van der Waals surface area contributed by atoms with Gasteiger partial charge in [0.2, 0.25) is 17.8 Å². The van der Waals surface area contributed by atoms with Gasteiger partial charge in [0.05, 0.1) is 78.9 Å². The van der Waals surface area contributed by atoms with Crippen LogP contribution in [0.4, 0.5) is 80.8 Å². The lowest BCUT2D eigenvalue weighted by Gasteiger charge is -2.41. The van der Waals surface area contributed by atoms with Gasteiger partial charge in [-0.25, -0.2) is 23.4 Å². The number of hydrogen-bond acceptors (Lipinski definition) is 25. The van der Waals surface area contributed by atoms with Gasteiger partial charge in [-0.05, 0) is 152 Å². The first-order valence-electron chi connectivity index (χ1n) is 33.9. The number of benzene rings is 6. The normalized spacial score (nSPS) is 15.2. The van der Waals surface area contributed by atoms with E-state index in [0.717, 1.165) is 98.4 Å². The molecule has 25 nitrogen and oxygen atoms in total. The monoisotopic (exact) mass is 1560 g/mol. The number of hydrogen-bond donors (Lipinski definition) is 7. The molecular formula is C73H91Cl3N17O8P3S. The molecule has 3 aromatic heterocycles. The van der Waals surface area contributed by atoms with E-state index in [2.05, 4.69) is 119 Å². The summed E-state index contributed by atoms with van der Waals surface area (Å²) in [4.78, 5) is 36.2. The topological polar surface area (TPSA) is 288 Å². The number of rotatable bonds is 23. The van der Waals surface area contributed by atoms with Crippen molar-refractivity contribution in [2.45, 2.75) is 36.2 Å². The second kappa shape index (κ2) is 35.0. The molecule has 0 radical (unpaired) electrons. The fraction of sp³-hybridized carbons (Fsp3) is 0.342. The van der Waals surface area contributed by atoms with Crippen LogP contribution < -0.4 is 77.1 Å². The molecule has 3 fully saturated rings. The van der Waals surface area contributed by atoms with Crippen LogP contribution in [0.3, 0.4) is 0 Å². The first-order chi connectivity index (χ1) is 49.9. The Balaban J connectivity index is 0.000000170. The summed E-state index contributed by atoms with van der Waals surface area (Å²) in [7, 11) is -1.82. The third-order valence-electron chi connectivity index (χ3n) is 17.9. The lowest BCUT2D eigenvalue weighted by atomic mass is 10.0. The molecule has 6 heterocycles. The van der Waals surface area contributed by atoms with Gasteiger partial charge >= 0.3 is 0 Å². The molecule has 0 spiro atoms. The average Bonchev–Trinajstić information content (AvgIpc) is 1.12. The van der Waals surface area contributed by atoms with Crippen LogP contribution in [0.25, 0.3) is 0 Å². The largest absolute Gasteiger partial charge is 0.495 e. The maximum atomic E-state index is 12.8. The SMILES string of the molecule is COc1cc(N2CCC(N3CCNCC3)CC2)ccc1Nc1ncc(Cl)c(Nc2ccccc2P(C)(C)=O)n1.COc1cc(N2CC[C@@H](N(C)C)C2)ccc1Nc1ncc(Cl)c(Nc2ccccc2P(C)(C)=O)n1.COc1cc(P(C)(C)=O)ccc1Nc1ncc(Cl)c(Nc2ccccc2S(C)(=O)=O)n1. The van der Waals surface area contributed by atoms with E-state index in [9.17, 15) is 22.1 Å². The minimum Gasteiger partial charge on any atom is -0.495 e. The molecular weight excluding hydrogens is 1470 g/mol. The summed E-state index contributed by atoms with van der Waals surface area (Å²) in [6, 6.07) is 40.1. The Kier molecular flexibility index (Phi) is 26.4. The summed E-state index contributed by atoms with van der Waals surface area (Å²) in [5, 5.41) is 25.5. The minimum atomic E-state index is -3.45. The van der Waals surface area contributed by atoms with E-state index in [1.54, 1.807) is 96.8 Å². The molecule has 6 aromatic carbocycles. The number of halogens is 3. The fourth-order valence-corrected chi connectivity index (χ4v) is 16.7. The molecule has 105 heavy (non-hydrogen) atoms. The number of methoxy groups -OCH3 is 3. The summed E-state index contributed by atoms with van der Waals surface area (Å²) >= 11 is 19.0. The highest BCUT2D eigenvalue weighted by molar-refractivity contribution is 7.90. The molecule has 558 valence electrons. The second-order valence-corrected chi connectivity index (χ2v) is 39.6. The summed E-state index contributed by atoms with van der Waals surface area (Å²) in [5.74, 6) is 3.94. The molecule has 32 heteroatoms. The Morgan fingerprint density at radius 2 is 0.886 bits per heavy atom. The molecule has 3 saturated heterocycles. The van der Waals surface area contributed by atoms with Gasteiger partial charge in [-0.15, -0.1) is 0 Å². The van der Waals surface area contributed by atoms with Crippen LogP contribution in [-0.2, 0) is 23.5 Å². The highest BCUT2D eigenvalue weighted by atomic mass is 35.5. The summed E-state index contributed by atoms with van der Waals surface area (Å²) in [6.45, 7) is 18.9. The quantitative estimate of drug-likeness (QED) is 0.0293. The van der Waals surface area contributed by atoms with Crippen molar-refractivity contribution in [3.05, 3.63) is 161 Å². The number of nitrogens with zero attached hydrogens (tertiary/aromatic N) is 10. The minimum absolute atomic E-state index is 0.125. The zero-order valence-corrected chi connectivity index (χ0v) is 66.7. The predicted octanol–water partition coefficient (Wildman–Crippen LogP) is 14.0. The van der Waals surface area contributed by atoms with E-state index in [0.29, 0.717) is 91.0 Å². The molecule has 0 unspecified atom stereocenters. The molecule has 0 saturated carbocycles. The number of anilines is 14. The van der Waals surface area contributed by atoms with E-state index in [4.69, 9.17) is 49.0 Å². The van der Waals surface area contributed by atoms with E-state index in [-0.39, 0.29) is 21.7 Å². The molecule has 0 bridgehead atoms. The third-order valence-corrected chi connectivity index (χ3v) is 24.5. The number of piperidine rings is 1. The van der Waals surface area contributed by atoms with Crippen molar-refractivity contribution in [2.75, 3.05) is 176 Å². The number of nitrogens with one attached hydrogen (secondary N) is 7. The molecule has 7 N–H and O–H groups in total. The third kappa shape index (κ3) is 21.1. The van der Waals surface area contributed by atoms with Crippen molar-refractivity contribution >= 4 is 163 Å². The number of para-hydroxylation sites is 3. The van der Waals surface area contributed by atoms with E-state index in [1.807, 2.05) is 66.7 Å². The number of aromatic nitrogens is 6. The number of piperazine rings is 1. The number of ether oxygens (including phenoxy) is 3. The van der Waals surface area contributed by atoms with Crippen LogP contribution in [0.2, 0.25) is 15.1 Å². The first-order valence-corrected chi connectivity index (χ1v) is 44.8. The zero-order valence-electron chi connectivity index (χ0n) is 60.9. The summed E-state index contributed by atoms with van der Waals surface area (Å²) in [5.41, 5.74) is 6.12. The smallest absolute Gasteiger partial charge is 0.229 e. The Bertz CT molecular complexity index is 4810. The zero-order chi connectivity index (χ0) is 75.4. The lowest BCUT2D eigenvalue weighted by Crippen LogP contribution is -2.52. The molecule has 0 amide bonds. The van der Waals surface area contributed by atoms with Gasteiger partial charge in [-0.2, -0.15) is 15.0 Å². The Hall–Kier alpha value is -8.25. The summed E-state index contributed by atoms with van der Waals surface area (Å²) in [6.07, 6.45) is 9.09. The molecule has 0 aliphatic carbocycles. The van der Waals surface area contributed by atoms with Crippen LogP contribution in [0, 0.1) is 0 Å². The van der Waals surface area contributed by atoms with Crippen LogP contribution in [0.5, 0.6) is 17.2 Å². The van der Waals surface area contributed by atoms with Gasteiger partial charge in [0.1, 0.15) is 53.7 Å². The van der Waals surface area contributed by atoms with Crippen molar-refractivity contribution in [1.82, 2.24) is 45.0 Å². The first kappa shape index (κ1) is 79.3. The van der Waals surface area contributed by atoms with Crippen molar-refractivity contribution in [1.29, 1.82) is 0 Å². The Morgan fingerprint density at radius 1 is 0.486 bits per heavy atom. The van der Waals surface area contributed by atoms with E-state index >= 15 is 0 Å². The fourth-order valence-electron chi connectivity index (χ4n) is 12.3. The van der Waals surface area contributed by atoms with Gasteiger partial charge in [-0.3, -0.25) is 4.90 Å². The Morgan fingerprint density at radius 3 is 1.30 bits per heavy atom. The molecule has 9 aromatic rings. The summed E-state index contributed by atoms with van der Waals surface area (Å²) < 4.78 is 78.8. The van der Waals surface area contributed by atoms with Gasteiger partial charge in [0, 0.05) is 110 Å². The van der Waals surface area contributed by atoms with Gasteiger partial charge < -0.3 is 79.8 Å². The van der Waals surface area contributed by atoms with Crippen molar-refractivity contribution in [2.24, 2.45) is 0 Å². The molecule has 1 atom stereocenters. The Labute approximate surface area is 630 Å². The van der Waals surface area contributed by atoms with Gasteiger partial charge in [0.15, 0.2) is 27.3 Å². The molecule has 12 rings (SSSR count). The van der Waals surface area contributed by atoms with Crippen LogP contribution >= 0.6 is 56.2 Å². The number of sulfone groups is 1. The van der Waals surface area contributed by atoms with Crippen molar-refractivity contribution < 1.29 is 36.3 Å². The molecule has 3 aliphatic heterocycles. The average molecular weight is 1570 g/mol. The van der Waals surface area contributed by atoms with Gasteiger partial charge in [0.25, 0.3) is 0 Å². The highest BCUT2D eigenvalue weighted by Gasteiger charge is 2.29. The van der Waals surface area contributed by atoms with Crippen molar-refractivity contribution in [3.8, 4) is 17.2 Å². The van der Waals surface area contributed by atoms with Crippen LogP contribution in [0.15, 0.2) is 151 Å². The lowest BCUT2D eigenvalue weighted by molar-refractivity contribution is 0.150. The van der Waals surface area contributed by atoms with Crippen LogP contribution in [0.1, 0.15) is 19.3 Å². The van der Waals surface area contributed by atoms with Gasteiger partial charge in [-0.1, -0.05) is 71.2 Å². The van der Waals surface area contributed by atoms with Crippen LogP contribution in [-0.4, -0.2) is 194 Å². The molecule has 3 aliphatic rings. The van der Waals surface area contributed by atoms with Crippen molar-refractivity contribution in [3.63, 3.8) is 0 Å².